The highest BCUT2D eigenvalue weighted by Gasteiger charge is 2.22. The molecule has 4 N–H and O–H groups in total. The number of amides is 2. The molecule has 0 aliphatic rings. The van der Waals surface area contributed by atoms with Gasteiger partial charge in [0.1, 0.15) is 6.04 Å². The van der Waals surface area contributed by atoms with Gasteiger partial charge in [-0.25, -0.2) is 9.59 Å². The Bertz CT molecular complexity index is 579. The molecule has 0 heterocycles. The lowest BCUT2D eigenvalue weighted by Gasteiger charge is -2.13. The van der Waals surface area contributed by atoms with Crippen molar-refractivity contribution in [3.05, 3.63) is 29.8 Å². The van der Waals surface area contributed by atoms with Gasteiger partial charge in [0.2, 0.25) is 0 Å². The summed E-state index contributed by atoms with van der Waals surface area (Å²) >= 11 is 0. The van der Waals surface area contributed by atoms with Gasteiger partial charge < -0.3 is 20.8 Å². The normalized spacial score (nSPS) is 10.9. The van der Waals surface area contributed by atoms with E-state index in [-0.39, 0.29) is 0 Å². The average Bonchev–Trinajstić information content (AvgIpc) is 2.37. The summed E-state index contributed by atoms with van der Waals surface area (Å²) in [6.07, 6.45) is -0.735. The molecule has 1 unspecified atom stereocenters. The zero-order valence-corrected chi connectivity index (χ0v) is 10.2. The molecule has 2 amide bonds. The summed E-state index contributed by atoms with van der Waals surface area (Å²) in [5.74, 6) is -2.79. The summed E-state index contributed by atoms with van der Waals surface area (Å²) in [6, 6.07) is 5.46. The minimum Gasteiger partial charge on any atom is -0.481 e. The molecule has 1 atom stereocenters. The van der Waals surface area contributed by atoms with E-state index in [1.165, 1.54) is 18.2 Å². The Hall–Kier alpha value is -3.08. The first kappa shape index (κ1) is 15.0. The molecule has 0 radical (unpaired) electrons. The molecule has 0 aliphatic carbocycles. The van der Waals surface area contributed by atoms with Crippen LogP contribution in [-0.4, -0.2) is 34.2 Å². The first-order valence-corrected chi connectivity index (χ1v) is 5.44. The predicted octanol–water partition coefficient (Wildman–Crippen LogP) is 0.608. The number of nitriles is 1. The van der Waals surface area contributed by atoms with Crippen LogP contribution in [0, 0.1) is 11.3 Å². The number of aliphatic carboxylic acids is 2. The lowest BCUT2D eigenvalue weighted by molar-refractivity contribution is -0.145. The quantitative estimate of drug-likeness (QED) is 0.621. The monoisotopic (exact) mass is 277 g/mol. The molecule has 0 spiro atoms. The van der Waals surface area contributed by atoms with Crippen LogP contribution < -0.4 is 10.6 Å². The first-order valence-electron chi connectivity index (χ1n) is 5.44. The van der Waals surface area contributed by atoms with Crippen LogP contribution in [0.5, 0.6) is 0 Å². The van der Waals surface area contributed by atoms with Crippen molar-refractivity contribution >= 4 is 23.7 Å². The number of nitrogens with one attached hydrogen (secondary N) is 2. The SMILES string of the molecule is N#Cc1cccc(NC(=O)NC(CC(=O)O)C(=O)O)c1. The van der Waals surface area contributed by atoms with Crippen LogP contribution in [-0.2, 0) is 9.59 Å². The third kappa shape index (κ3) is 4.66. The fourth-order valence-electron chi connectivity index (χ4n) is 1.37. The Kier molecular flexibility index (Phi) is 5.05. The maximum atomic E-state index is 11.5. The number of carboxylic acid groups (broad SMARTS) is 2. The molecule has 8 heteroatoms. The lowest BCUT2D eigenvalue weighted by atomic mass is 10.2. The standard InChI is InChI=1S/C12H11N3O5/c13-6-7-2-1-3-8(4-7)14-12(20)15-9(11(18)19)5-10(16)17/h1-4,9H,5H2,(H,16,17)(H,18,19)(H2,14,15,20). The van der Waals surface area contributed by atoms with Gasteiger partial charge in [-0.2, -0.15) is 5.26 Å². The number of nitrogens with zero attached hydrogens (tertiary/aromatic N) is 1. The maximum Gasteiger partial charge on any atom is 0.326 e. The van der Waals surface area contributed by atoms with Crippen LogP contribution in [0.25, 0.3) is 0 Å². The van der Waals surface area contributed by atoms with Gasteiger partial charge in [0.15, 0.2) is 0 Å². The summed E-state index contributed by atoms with van der Waals surface area (Å²) in [6.45, 7) is 0. The van der Waals surface area contributed by atoms with E-state index in [4.69, 9.17) is 15.5 Å². The molecule has 0 saturated heterocycles. The van der Waals surface area contributed by atoms with Gasteiger partial charge >= 0.3 is 18.0 Å². The molecular weight excluding hydrogens is 266 g/mol. The van der Waals surface area contributed by atoms with Crippen molar-refractivity contribution in [1.82, 2.24) is 5.32 Å². The summed E-state index contributed by atoms with van der Waals surface area (Å²) in [7, 11) is 0. The molecule has 0 saturated carbocycles. The Morgan fingerprint density at radius 2 is 2.00 bits per heavy atom. The van der Waals surface area contributed by atoms with E-state index in [0.717, 1.165) is 0 Å². The molecule has 1 aromatic rings. The van der Waals surface area contributed by atoms with Crippen LogP contribution in [0.15, 0.2) is 24.3 Å². The number of benzene rings is 1. The summed E-state index contributed by atoms with van der Waals surface area (Å²) in [5, 5.41) is 30.3. The van der Waals surface area contributed by atoms with Gasteiger partial charge in [0.25, 0.3) is 0 Å². The molecule has 104 valence electrons. The second-order valence-electron chi connectivity index (χ2n) is 3.78. The van der Waals surface area contributed by atoms with E-state index in [1.54, 1.807) is 6.07 Å². The fraction of sp³-hybridized carbons (Fsp3) is 0.167. The van der Waals surface area contributed by atoms with Gasteiger partial charge in [-0.3, -0.25) is 4.79 Å². The molecular formula is C12H11N3O5. The van der Waals surface area contributed by atoms with Crippen molar-refractivity contribution in [2.45, 2.75) is 12.5 Å². The van der Waals surface area contributed by atoms with Crippen LogP contribution in [0.3, 0.4) is 0 Å². The smallest absolute Gasteiger partial charge is 0.326 e. The minimum absolute atomic E-state index is 0.293. The third-order valence-corrected chi connectivity index (χ3v) is 2.23. The summed E-state index contributed by atoms with van der Waals surface area (Å²) in [5.41, 5.74) is 0.615. The highest BCUT2D eigenvalue weighted by Crippen LogP contribution is 2.09. The molecule has 0 aliphatic heterocycles. The minimum atomic E-state index is -1.54. The van der Waals surface area contributed by atoms with Gasteiger partial charge in [-0.15, -0.1) is 0 Å². The van der Waals surface area contributed by atoms with Crippen molar-refractivity contribution in [3.8, 4) is 6.07 Å². The summed E-state index contributed by atoms with van der Waals surface area (Å²) < 4.78 is 0. The van der Waals surface area contributed by atoms with Crippen molar-refractivity contribution in [2.24, 2.45) is 0 Å². The van der Waals surface area contributed by atoms with Crippen LogP contribution in [0.4, 0.5) is 10.5 Å². The number of hydrogen-bond acceptors (Lipinski definition) is 4. The van der Waals surface area contributed by atoms with Crippen molar-refractivity contribution < 1.29 is 24.6 Å². The fourth-order valence-corrected chi connectivity index (χ4v) is 1.37. The summed E-state index contributed by atoms with van der Waals surface area (Å²) in [4.78, 5) is 32.8. The second-order valence-corrected chi connectivity index (χ2v) is 3.78. The average molecular weight is 277 g/mol. The Morgan fingerprint density at radius 3 is 2.55 bits per heavy atom. The largest absolute Gasteiger partial charge is 0.481 e. The number of carbonyl (C=O) groups is 3. The van der Waals surface area contributed by atoms with E-state index < -0.39 is 30.4 Å². The van der Waals surface area contributed by atoms with Gasteiger partial charge in [-0.05, 0) is 18.2 Å². The predicted molar refractivity (Wildman–Crippen MR) is 67.0 cm³/mol. The molecule has 0 fully saturated rings. The molecule has 0 aromatic heterocycles. The van der Waals surface area contributed by atoms with Gasteiger partial charge in [-0.1, -0.05) is 6.07 Å². The van der Waals surface area contributed by atoms with E-state index in [2.05, 4.69) is 5.32 Å². The third-order valence-electron chi connectivity index (χ3n) is 2.23. The second kappa shape index (κ2) is 6.75. The Balaban J connectivity index is 2.68. The molecule has 1 rings (SSSR count). The number of carbonyl (C=O) groups excluding carboxylic acids is 1. The maximum absolute atomic E-state index is 11.5. The van der Waals surface area contributed by atoms with Crippen LogP contribution >= 0.6 is 0 Å². The molecule has 1 aromatic carbocycles. The van der Waals surface area contributed by atoms with Gasteiger partial charge in [0, 0.05) is 5.69 Å². The van der Waals surface area contributed by atoms with Crippen molar-refractivity contribution in [1.29, 1.82) is 5.26 Å². The highest BCUT2D eigenvalue weighted by molar-refractivity contribution is 5.93. The van der Waals surface area contributed by atoms with E-state index >= 15 is 0 Å². The molecule has 0 bridgehead atoms. The first-order chi connectivity index (χ1) is 9.42. The topological polar surface area (TPSA) is 140 Å². The number of anilines is 1. The zero-order chi connectivity index (χ0) is 15.1. The lowest BCUT2D eigenvalue weighted by Crippen LogP contribution is -2.44. The van der Waals surface area contributed by atoms with Crippen molar-refractivity contribution in [2.75, 3.05) is 5.32 Å². The van der Waals surface area contributed by atoms with Crippen LogP contribution in [0.2, 0.25) is 0 Å². The number of rotatable bonds is 5. The molecule has 8 nitrogen and oxygen atoms in total. The Morgan fingerprint density at radius 1 is 1.30 bits per heavy atom. The number of carboxylic acids is 2. The molecule has 20 heavy (non-hydrogen) atoms. The Labute approximate surface area is 113 Å². The van der Waals surface area contributed by atoms with E-state index in [1.807, 2.05) is 11.4 Å². The zero-order valence-electron chi connectivity index (χ0n) is 10.2. The number of urea groups is 1. The van der Waals surface area contributed by atoms with E-state index in [9.17, 15) is 14.4 Å². The van der Waals surface area contributed by atoms with Crippen LogP contribution in [0.1, 0.15) is 12.0 Å². The van der Waals surface area contributed by atoms with E-state index in [0.29, 0.717) is 11.3 Å². The van der Waals surface area contributed by atoms with Gasteiger partial charge in [0.05, 0.1) is 18.1 Å². The number of hydrogen-bond donors (Lipinski definition) is 4. The highest BCUT2D eigenvalue weighted by atomic mass is 16.4. The van der Waals surface area contributed by atoms with Crippen molar-refractivity contribution in [3.63, 3.8) is 0 Å².